The number of ether oxygens (including phenoxy) is 3. The van der Waals surface area contributed by atoms with Gasteiger partial charge in [-0.05, 0) is 16.7 Å². The predicted molar refractivity (Wildman–Crippen MR) is 131 cm³/mol. The topological polar surface area (TPSA) is 68.2 Å². The van der Waals surface area contributed by atoms with Gasteiger partial charge in [0.25, 0.3) is 0 Å². The van der Waals surface area contributed by atoms with Crippen molar-refractivity contribution in [2.75, 3.05) is 0 Å². The SMILES string of the molecule is C=CC1[C@@H](O)[C@@H](OCc2ccccc2)C(OCc2ccccc2)[C@@H](OCc2ccccc2)[C@H]1O. The molecule has 0 bridgehead atoms. The van der Waals surface area contributed by atoms with Crippen LogP contribution in [0.5, 0.6) is 0 Å². The van der Waals surface area contributed by atoms with Gasteiger partial charge in [-0.15, -0.1) is 6.58 Å². The Bertz CT molecular complexity index is 937. The van der Waals surface area contributed by atoms with E-state index in [2.05, 4.69) is 6.58 Å². The maximum atomic E-state index is 11.2. The lowest BCUT2D eigenvalue weighted by Crippen LogP contribution is -2.62. The van der Waals surface area contributed by atoms with E-state index in [1.807, 2.05) is 91.0 Å². The summed E-state index contributed by atoms with van der Waals surface area (Å²) in [6.07, 6.45) is -2.52. The minimum Gasteiger partial charge on any atom is -0.390 e. The number of aliphatic hydroxyl groups is 2. The van der Waals surface area contributed by atoms with Gasteiger partial charge in [0.05, 0.1) is 32.0 Å². The van der Waals surface area contributed by atoms with Crippen LogP contribution in [0, 0.1) is 5.92 Å². The maximum absolute atomic E-state index is 11.2. The van der Waals surface area contributed by atoms with Gasteiger partial charge < -0.3 is 24.4 Å². The van der Waals surface area contributed by atoms with Gasteiger partial charge in [-0.25, -0.2) is 0 Å². The highest BCUT2D eigenvalue weighted by molar-refractivity contribution is 5.16. The smallest absolute Gasteiger partial charge is 0.115 e. The Kier molecular flexibility index (Phi) is 8.63. The molecule has 2 unspecified atom stereocenters. The molecule has 0 aromatic heterocycles. The molecule has 0 saturated heterocycles. The van der Waals surface area contributed by atoms with Gasteiger partial charge in [0.1, 0.15) is 18.3 Å². The van der Waals surface area contributed by atoms with E-state index >= 15 is 0 Å². The lowest BCUT2D eigenvalue weighted by Gasteiger charge is -2.46. The Morgan fingerprint density at radius 1 is 0.559 bits per heavy atom. The summed E-state index contributed by atoms with van der Waals surface area (Å²) in [5.41, 5.74) is 2.96. The van der Waals surface area contributed by atoms with E-state index in [0.29, 0.717) is 19.8 Å². The fraction of sp³-hybridized carbons (Fsp3) is 0.310. The standard InChI is InChI=1S/C29H32O5/c1-2-24-25(30)27(32-18-21-12-6-3-7-13-21)29(34-20-23-16-10-5-11-17-23)28(26(24)31)33-19-22-14-8-4-9-15-22/h2-17,24-31H,1,18-20H2/t24?,25-,26+,27-,28+,29?. The molecule has 5 nitrogen and oxygen atoms in total. The largest absolute Gasteiger partial charge is 0.390 e. The van der Waals surface area contributed by atoms with Crippen molar-refractivity contribution in [3.8, 4) is 0 Å². The minimum atomic E-state index is -0.992. The highest BCUT2D eigenvalue weighted by Crippen LogP contribution is 2.34. The Balaban J connectivity index is 1.57. The third kappa shape index (κ3) is 6.00. The van der Waals surface area contributed by atoms with Gasteiger partial charge in [0, 0.05) is 5.92 Å². The second kappa shape index (κ2) is 12.1. The Morgan fingerprint density at radius 3 is 1.21 bits per heavy atom. The minimum absolute atomic E-state index is 0.305. The second-order valence-electron chi connectivity index (χ2n) is 8.58. The fourth-order valence-electron chi connectivity index (χ4n) is 4.37. The predicted octanol–water partition coefficient (Wildman–Crippen LogP) is 4.28. The first-order valence-electron chi connectivity index (χ1n) is 11.6. The van der Waals surface area contributed by atoms with Crippen LogP contribution in [0.4, 0.5) is 0 Å². The molecule has 2 N–H and O–H groups in total. The molecule has 1 aliphatic carbocycles. The molecular weight excluding hydrogens is 428 g/mol. The van der Waals surface area contributed by atoms with Gasteiger partial charge in [0.15, 0.2) is 0 Å². The van der Waals surface area contributed by atoms with Crippen LogP contribution in [0.25, 0.3) is 0 Å². The average Bonchev–Trinajstić information content (AvgIpc) is 2.88. The quantitative estimate of drug-likeness (QED) is 0.442. The molecule has 5 heteroatoms. The van der Waals surface area contributed by atoms with Gasteiger partial charge in [-0.2, -0.15) is 0 Å². The summed E-state index contributed by atoms with van der Waals surface area (Å²) in [5.74, 6) is -0.613. The molecule has 1 saturated carbocycles. The van der Waals surface area contributed by atoms with Crippen molar-refractivity contribution in [3.63, 3.8) is 0 Å². The summed E-state index contributed by atoms with van der Waals surface area (Å²) in [6, 6.07) is 29.4. The zero-order valence-corrected chi connectivity index (χ0v) is 19.1. The van der Waals surface area contributed by atoms with Crippen molar-refractivity contribution in [1.82, 2.24) is 0 Å². The summed E-state index contributed by atoms with van der Waals surface area (Å²) in [4.78, 5) is 0. The van der Waals surface area contributed by atoms with Crippen molar-refractivity contribution >= 4 is 0 Å². The van der Waals surface area contributed by atoms with E-state index in [1.165, 1.54) is 0 Å². The van der Waals surface area contributed by atoms with Crippen LogP contribution in [0.2, 0.25) is 0 Å². The van der Waals surface area contributed by atoms with Gasteiger partial charge in [-0.1, -0.05) is 97.1 Å². The molecule has 3 aromatic rings. The lowest BCUT2D eigenvalue weighted by molar-refractivity contribution is -0.244. The lowest BCUT2D eigenvalue weighted by atomic mass is 9.78. The van der Waals surface area contributed by atoms with Crippen LogP contribution in [-0.2, 0) is 34.0 Å². The number of hydrogen-bond acceptors (Lipinski definition) is 5. The molecule has 0 heterocycles. The summed E-state index contributed by atoms with van der Waals surface area (Å²) in [6.45, 7) is 4.75. The number of rotatable bonds is 10. The van der Waals surface area contributed by atoms with Crippen molar-refractivity contribution in [3.05, 3.63) is 120 Å². The number of benzene rings is 3. The third-order valence-electron chi connectivity index (χ3n) is 6.24. The van der Waals surface area contributed by atoms with Crippen molar-refractivity contribution < 1.29 is 24.4 Å². The van der Waals surface area contributed by atoms with E-state index in [9.17, 15) is 10.2 Å². The molecule has 1 aliphatic rings. The Hall–Kier alpha value is -2.80. The molecule has 0 spiro atoms. The molecule has 3 aromatic carbocycles. The van der Waals surface area contributed by atoms with E-state index in [4.69, 9.17) is 14.2 Å². The molecule has 0 aliphatic heterocycles. The third-order valence-corrected chi connectivity index (χ3v) is 6.24. The van der Waals surface area contributed by atoms with Crippen molar-refractivity contribution in [2.45, 2.75) is 50.3 Å². The summed E-state index contributed by atoms with van der Waals surface area (Å²) < 4.78 is 18.8. The zero-order chi connectivity index (χ0) is 23.8. The fourth-order valence-corrected chi connectivity index (χ4v) is 4.37. The first-order chi connectivity index (χ1) is 16.7. The van der Waals surface area contributed by atoms with Crippen LogP contribution < -0.4 is 0 Å². The molecule has 1 fully saturated rings. The van der Waals surface area contributed by atoms with Crippen molar-refractivity contribution in [2.24, 2.45) is 5.92 Å². The number of aliphatic hydroxyl groups excluding tert-OH is 2. The van der Waals surface area contributed by atoms with Crippen LogP contribution in [0.3, 0.4) is 0 Å². The Labute approximate surface area is 201 Å². The van der Waals surface area contributed by atoms with Crippen LogP contribution in [0.1, 0.15) is 16.7 Å². The first-order valence-corrected chi connectivity index (χ1v) is 11.6. The van der Waals surface area contributed by atoms with Crippen LogP contribution >= 0.6 is 0 Å². The maximum Gasteiger partial charge on any atom is 0.115 e. The Morgan fingerprint density at radius 2 is 0.882 bits per heavy atom. The van der Waals surface area contributed by atoms with Crippen LogP contribution in [-0.4, -0.2) is 40.7 Å². The van der Waals surface area contributed by atoms with Gasteiger partial charge >= 0.3 is 0 Å². The molecule has 0 radical (unpaired) electrons. The monoisotopic (exact) mass is 460 g/mol. The molecule has 4 rings (SSSR count). The van der Waals surface area contributed by atoms with Crippen molar-refractivity contribution in [1.29, 1.82) is 0 Å². The zero-order valence-electron chi connectivity index (χ0n) is 19.1. The molecule has 0 amide bonds. The van der Waals surface area contributed by atoms with Crippen LogP contribution in [0.15, 0.2) is 104 Å². The second-order valence-corrected chi connectivity index (χ2v) is 8.58. The van der Waals surface area contributed by atoms with E-state index in [0.717, 1.165) is 16.7 Å². The van der Waals surface area contributed by atoms with E-state index in [1.54, 1.807) is 6.08 Å². The summed E-state index contributed by atoms with van der Waals surface area (Å²) in [5, 5.41) is 22.3. The first kappa shape index (κ1) is 24.3. The van der Waals surface area contributed by atoms with Gasteiger partial charge in [0.2, 0.25) is 0 Å². The molecular formula is C29H32O5. The molecule has 6 atom stereocenters. The molecule has 34 heavy (non-hydrogen) atoms. The van der Waals surface area contributed by atoms with E-state index in [-0.39, 0.29) is 0 Å². The average molecular weight is 461 g/mol. The van der Waals surface area contributed by atoms with Gasteiger partial charge in [-0.3, -0.25) is 0 Å². The van der Waals surface area contributed by atoms with E-state index < -0.39 is 36.4 Å². The summed E-state index contributed by atoms with van der Waals surface area (Å²) >= 11 is 0. The highest BCUT2D eigenvalue weighted by atomic mass is 16.6. The molecule has 178 valence electrons. The summed E-state index contributed by atoms with van der Waals surface area (Å²) in [7, 11) is 0. The normalized spacial score (nSPS) is 26.8. The highest BCUT2D eigenvalue weighted by Gasteiger charge is 2.51. The number of hydrogen-bond donors (Lipinski definition) is 2.